The van der Waals surface area contributed by atoms with Gasteiger partial charge in [-0.25, -0.2) is 9.78 Å². The van der Waals surface area contributed by atoms with Gasteiger partial charge in [-0.15, -0.1) is 0 Å². The van der Waals surface area contributed by atoms with E-state index >= 15 is 0 Å². The molecule has 3 rings (SSSR count). The lowest BCUT2D eigenvalue weighted by molar-refractivity contribution is 0.0699. The highest BCUT2D eigenvalue weighted by Crippen LogP contribution is 2.30. The number of rotatable bonds is 4. The van der Waals surface area contributed by atoms with Crippen LogP contribution in [0.5, 0.6) is 5.75 Å². The number of aromatic carboxylic acids is 1. The molecule has 3 aromatic rings. The molecule has 0 unspecified atom stereocenters. The molecule has 0 spiro atoms. The summed E-state index contributed by atoms with van der Waals surface area (Å²) in [4.78, 5) is 16.5. The van der Waals surface area contributed by atoms with Gasteiger partial charge in [0.2, 0.25) is 0 Å². The molecule has 4 heteroatoms. The maximum absolute atomic E-state index is 11.9. The van der Waals surface area contributed by atoms with Gasteiger partial charge in [-0.3, -0.25) is 0 Å². The second-order valence-electron chi connectivity index (χ2n) is 7.30. The zero-order valence-electron chi connectivity index (χ0n) is 15.5. The number of carboxylic acid groups (broad SMARTS) is 1. The summed E-state index contributed by atoms with van der Waals surface area (Å²) in [7, 11) is 0. The molecule has 2 aromatic carbocycles. The van der Waals surface area contributed by atoms with Gasteiger partial charge in [-0.2, -0.15) is 0 Å². The summed E-state index contributed by atoms with van der Waals surface area (Å²) in [5.41, 5.74) is 3.48. The highest BCUT2D eigenvalue weighted by atomic mass is 16.5. The van der Waals surface area contributed by atoms with E-state index in [0.29, 0.717) is 23.2 Å². The van der Waals surface area contributed by atoms with Crippen LogP contribution in [-0.4, -0.2) is 22.7 Å². The Bertz CT molecular complexity index is 954. The van der Waals surface area contributed by atoms with E-state index in [1.165, 1.54) is 0 Å². The first-order chi connectivity index (χ1) is 12.3. The molecule has 0 aliphatic heterocycles. The first-order valence-electron chi connectivity index (χ1n) is 8.71. The Labute approximate surface area is 153 Å². The van der Waals surface area contributed by atoms with E-state index in [1.807, 2.05) is 49.4 Å². The molecular formula is C22H23NO3. The normalized spacial score (nSPS) is 11.5. The van der Waals surface area contributed by atoms with Crippen LogP contribution in [0, 0.1) is 0 Å². The van der Waals surface area contributed by atoms with Gasteiger partial charge in [0.1, 0.15) is 5.75 Å². The van der Waals surface area contributed by atoms with Crippen molar-refractivity contribution in [3.05, 3.63) is 59.7 Å². The number of ether oxygens (including phenoxy) is 1. The van der Waals surface area contributed by atoms with Gasteiger partial charge < -0.3 is 9.84 Å². The lowest BCUT2D eigenvalue weighted by Crippen LogP contribution is -2.11. The molecule has 0 aliphatic rings. The van der Waals surface area contributed by atoms with E-state index in [1.54, 1.807) is 6.07 Å². The fourth-order valence-corrected chi connectivity index (χ4v) is 2.91. The first kappa shape index (κ1) is 17.9. The summed E-state index contributed by atoms with van der Waals surface area (Å²) < 4.78 is 5.46. The SMILES string of the molecule is CCOc1ccc(-c2cc(C(=O)O)c3cc(C(C)(C)C)ccc3n2)cc1. The number of carboxylic acids is 1. The van der Waals surface area contributed by atoms with Crippen molar-refractivity contribution in [2.45, 2.75) is 33.1 Å². The molecule has 0 amide bonds. The molecule has 134 valence electrons. The van der Waals surface area contributed by atoms with Crippen LogP contribution in [0.15, 0.2) is 48.5 Å². The third-order valence-corrected chi connectivity index (χ3v) is 4.37. The molecule has 1 aromatic heterocycles. The van der Waals surface area contributed by atoms with Crippen molar-refractivity contribution in [3.63, 3.8) is 0 Å². The molecule has 0 saturated carbocycles. The number of pyridine rings is 1. The van der Waals surface area contributed by atoms with Gasteiger partial charge >= 0.3 is 5.97 Å². The van der Waals surface area contributed by atoms with Crippen molar-refractivity contribution in [1.29, 1.82) is 0 Å². The predicted octanol–water partition coefficient (Wildman–Crippen LogP) is 5.30. The number of aromatic nitrogens is 1. The molecule has 0 saturated heterocycles. The van der Waals surface area contributed by atoms with Crippen molar-refractivity contribution in [2.24, 2.45) is 0 Å². The summed E-state index contributed by atoms with van der Waals surface area (Å²) in [5, 5.41) is 10.4. The van der Waals surface area contributed by atoms with Crippen LogP contribution in [0.25, 0.3) is 22.2 Å². The topological polar surface area (TPSA) is 59.4 Å². The van der Waals surface area contributed by atoms with E-state index < -0.39 is 5.97 Å². The van der Waals surface area contributed by atoms with Gasteiger partial charge in [0.15, 0.2) is 0 Å². The summed E-state index contributed by atoms with van der Waals surface area (Å²) in [5.74, 6) is -0.166. The second kappa shape index (κ2) is 6.79. The van der Waals surface area contributed by atoms with Gasteiger partial charge in [-0.1, -0.05) is 26.8 Å². The molecule has 4 nitrogen and oxygen atoms in total. The summed E-state index contributed by atoms with van der Waals surface area (Å²) in [6.45, 7) is 8.86. The molecule has 0 fully saturated rings. The zero-order chi connectivity index (χ0) is 18.9. The van der Waals surface area contributed by atoms with E-state index in [0.717, 1.165) is 16.9 Å². The fraction of sp³-hybridized carbons (Fsp3) is 0.273. The van der Waals surface area contributed by atoms with E-state index in [4.69, 9.17) is 4.74 Å². The standard InChI is InChI=1S/C22H23NO3/c1-5-26-16-9-6-14(7-10-16)20-13-18(21(24)25)17-12-15(22(2,3)4)8-11-19(17)23-20/h6-13H,5H2,1-4H3,(H,24,25). The Morgan fingerprint density at radius 3 is 2.35 bits per heavy atom. The minimum atomic E-state index is -0.948. The van der Waals surface area contributed by atoms with Crippen LogP contribution in [-0.2, 0) is 5.41 Å². The minimum absolute atomic E-state index is 0.0578. The third-order valence-electron chi connectivity index (χ3n) is 4.37. The van der Waals surface area contributed by atoms with E-state index in [-0.39, 0.29) is 11.0 Å². The summed E-state index contributed by atoms with van der Waals surface area (Å²) >= 11 is 0. The van der Waals surface area contributed by atoms with Crippen LogP contribution in [0.2, 0.25) is 0 Å². The summed E-state index contributed by atoms with van der Waals surface area (Å²) in [6.07, 6.45) is 0. The molecule has 1 N–H and O–H groups in total. The number of fused-ring (bicyclic) bond motifs is 1. The zero-order valence-corrected chi connectivity index (χ0v) is 15.5. The highest BCUT2D eigenvalue weighted by molar-refractivity contribution is 6.04. The Morgan fingerprint density at radius 2 is 1.77 bits per heavy atom. The average molecular weight is 349 g/mol. The minimum Gasteiger partial charge on any atom is -0.494 e. The van der Waals surface area contributed by atoms with Crippen molar-refractivity contribution in [3.8, 4) is 17.0 Å². The lowest BCUT2D eigenvalue weighted by Gasteiger charge is -2.20. The molecule has 26 heavy (non-hydrogen) atoms. The van der Waals surface area contributed by atoms with Crippen molar-refractivity contribution in [1.82, 2.24) is 4.98 Å². The van der Waals surface area contributed by atoms with Gasteiger partial charge in [0.25, 0.3) is 0 Å². The second-order valence-corrected chi connectivity index (χ2v) is 7.30. The maximum atomic E-state index is 11.9. The lowest BCUT2D eigenvalue weighted by atomic mass is 9.86. The van der Waals surface area contributed by atoms with Gasteiger partial charge in [-0.05, 0) is 60.4 Å². The largest absolute Gasteiger partial charge is 0.494 e. The molecular weight excluding hydrogens is 326 g/mol. The van der Waals surface area contributed by atoms with Crippen LogP contribution >= 0.6 is 0 Å². The number of benzene rings is 2. The van der Waals surface area contributed by atoms with Crippen LogP contribution < -0.4 is 4.74 Å². The average Bonchev–Trinajstić information content (AvgIpc) is 2.60. The molecule has 0 radical (unpaired) electrons. The third kappa shape index (κ3) is 3.54. The quantitative estimate of drug-likeness (QED) is 0.695. The van der Waals surface area contributed by atoms with Crippen molar-refractivity contribution >= 4 is 16.9 Å². The van der Waals surface area contributed by atoms with Gasteiger partial charge in [0.05, 0.1) is 23.4 Å². The molecule has 0 aliphatic carbocycles. The van der Waals surface area contributed by atoms with Crippen LogP contribution in [0.4, 0.5) is 0 Å². The Kier molecular flexibility index (Phi) is 4.68. The Morgan fingerprint density at radius 1 is 1.08 bits per heavy atom. The Hall–Kier alpha value is -2.88. The van der Waals surface area contributed by atoms with Crippen molar-refractivity contribution < 1.29 is 14.6 Å². The smallest absolute Gasteiger partial charge is 0.336 e. The maximum Gasteiger partial charge on any atom is 0.336 e. The van der Waals surface area contributed by atoms with Gasteiger partial charge in [0, 0.05) is 10.9 Å². The van der Waals surface area contributed by atoms with E-state index in [9.17, 15) is 9.90 Å². The number of nitrogens with zero attached hydrogens (tertiary/aromatic N) is 1. The predicted molar refractivity (Wildman–Crippen MR) is 104 cm³/mol. The number of carbonyl (C=O) groups is 1. The molecule has 0 bridgehead atoms. The molecule has 0 atom stereocenters. The van der Waals surface area contributed by atoms with Crippen LogP contribution in [0.1, 0.15) is 43.6 Å². The first-order valence-corrected chi connectivity index (χ1v) is 8.71. The van der Waals surface area contributed by atoms with Crippen LogP contribution in [0.3, 0.4) is 0 Å². The number of hydrogen-bond acceptors (Lipinski definition) is 3. The summed E-state index contributed by atoms with van der Waals surface area (Å²) in [6, 6.07) is 15.0. The van der Waals surface area contributed by atoms with E-state index in [2.05, 4.69) is 25.8 Å². The fourth-order valence-electron chi connectivity index (χ4n) is 2.91. The Balaban J connectivity index is 2.15. The monoisotopic (exact) mass is 349 g/mol. The van der Waals surface area contributed by atoms with Crippen molar-refractivity contribution in [2.75, 3.05) is 6.61 Å². The highest BCUT2D eigenvalue weighted by Gasteiger charge is 2.18. The molecule has 1 heterocycles. The number of hydrogen-bond donors (Lipinski definition) is 1.